The van der Waals surface area contributed by atoms with Crippen LogP contribution >= 0.6 is 0 Å². The van der Waals surface area contributed by atoms with Crippen LogP contribution in [0.3, 0.4) is 0 Å². The second-order valence-electron chi connectivity index (χ2n) is 7.30. The summed E-state index contributed by atoms with van der Waals surface area (Å²) >= 11 is 0. The van der Waals surface area contributed by atoms with Crippen LogP contribution in [0.25, 0.3) is 5.65 Å². The Morgan fingerprint density at radius 1 is 1.19 bits per heavy atom. The minimum Gasteiger partial charge on any atom is -0.481 e. The van der Waals surface area contributed by atoms with Crippen molar-refractivity contribution in [3.05, 3.63) is 60.0 Å². The molecule has 0 saturated carbocycles. The third-order valence-electron chi connectivity index (χ3n) is 4.19. The number of ether oxygens (including phenoxy) is 1. The Balaban J connectivity index is 1.61. The fraction of sp³-hybridized carbons (Fsp3) is 0.350. The zero-order chi connectivity index (χ0) is 18.7. The van der Waals surface area contributed by atoms with Crippen LogP contribution in [0.4, 0.5) is 0 Å². The number of amides is 1. The maximum absolute atomic E-state index is 12.4. The molecule has 136 valence electrons. The van der Waals surface area contributed by atoms with Crippen molar-refractivity contribution in [3.63, 3.8) is 0 Å². The van der Waals surface area contributed by atoms with Crippen molar-refractivity contribution in [1.29, 1.82) is 0 Å². The van der Waals surface area contributed by atoms with E-state index in [1.807, 2.05) is 47.0 Å². The topological polar surface area (TPSA) is 68.5 Å². The Hall–Kier alpha value is -2.89. The van der Waals surface area contributed by atoms with Gasteiger partial charge in [0.1, 0.15) is 5.75 Å². The van der Waals surface area contributed by atoms with E-state index < -0.39 is 6.10 Å². The molecule has 6 nitrogen and oxygen atoms in total. The first kappa shape index (κ1) is 17.9. The molecular formula is C20H24N4O2. The fourth-order valence-corrected chi connectivity index (χ4v) is 2.61. The Morgan fingerprint density at radius 2 is 2.00 bits per heavy atom. The molecule has 0 aliphatic rings. The Morgan fingerprint density at radius 3 is 2.77 bits per heavy atom. The predicted octanol–water partition coefficient (Wildman–Crippen LogP) is 3.11. The molecule has 26 heavy (non-hydrogen) atoms. The molecule has 0 aliphatic heterocycles. The van der Waals surface area contributed by atoms with Gasteiger partial charge in [0.15, 0.2) is 17.6 Å². The van der Waals surface area contributed by atoms with Crippen molar-refractivity contribution in [3.8, 4) is 5.75 Å². The summed E-state index contributed by atoms with van der Waals surface area (Å²) in [5, 5.41) is 11.0. The summed E-state index contributed by atoms with van der Waals surface area (Å²) < 4.78 is 7.66. The highest BCUT2D eigenvalue weighted by molar-refractivity contribution is 5.80. The van der Waals surface area contributed by atoms with Gasteiger partial charge in [0.2, 0.25) is 0 Å². The van der Waals surface area contributed by atoms with Crippen LogP contribution in [0.15, 0.2) is 48.7 Å². The molecule has 0 saturated heterocycles. The SMILES string of the molecule is C[C@H](Oc1cccc(C(C)(C)C)c1)C(=O)NCc1nnc2ccccn12. The molecule has 0 spiro atoms. The summed E-state index contributed by atoms with van der Waals surface area (Å²) in [4.78, 5) is 12.4. The quantitative estimate of drug-likeness (QED) is 0.766. The maximum atomic E-state index is 12.4. The minimum absolute atomic E-state index is 0.0274. The van der Waals surface area contributed by atoms with Gasteiger partial charge in [-0.1, -0.05) is 39.0 Å². The smallest absolute Gasteiger partial charge is 0.261 e. The molecule has 0 unspecified atom stereocenters. The Bertz CT molecular complexity index is 911. The van der Waals surface area contributed by atoms with Gasteiger partial charge < -0.3 is 10.1 Å². The lowest BCUT2D eigenvalue weighted by molar-refractivity contribution is -0.127. The summed E-state index contributed by atoms with van der Waals surface area (Å²) in [6, 6.07) is 13.5. The van der Waals surface area contributed by atoms with E-state index in [-0.39, 0.29) is 11.3 Å². The molecule has 1 amide bonds. The van der Waals surface area contributed by atoms with Crippen molar-refractivity contribution >= 4 is 11.6 Å². The fourth-order valence-electron chi connectivity index (χ4n) is 2.61. The number of nitrogens with one attached hydrogen (secondary N) is 1. The van der Waals surface area contributed by atoms with Crippen LogP contribution in [0.5, 0.6) is 5.75 Å². The molecule has 0 radical (unpaired) electrons. The number of rotatable bonds is 5. The third kappa shape index (κ3) is 4.02. The van der Waals surface area contributed by atoms with Crippen LogP contribution in [0, 0.1) is 0 Å². The monoisotopic (exact) mass is 352 g/mol. The second-order valence-corrected chi connectivity index (χ2v) is 7.30. The highest BCUT2D eigenvalue weighted by atomic mass is 16.5. The number of hydrogen-bond acceptors (Lipinski definition) is 4. The molecule has 2 aromatic heterocycles. The largest absolute Gasteiger partial charge is 0.481 e. The van der Waals surface area contributed by atoms with E-state index >= 15 is 0 Å². The number of benzene rings is 1. The molecule has 2 heterocycles. The van der Waals surface area contributed by atoms with Gasteiger partial charge in [-0.05, 0) is 42.2 Å². The maximum Gasteiger partial charge on any atom is 0.261 e. The number of hydrogen-bond donors (Lipinski definition) is 1. The van der Waals surface area contributed by atoms with Crippen LogP contribution in [0.1, 0.15) is 39.1 Å². The highest BCUT2D eigenvalue weighted by Gasteiger charge is 2.18. The van der Waals surface area contributed by atoms with E-state index in [0.717, 1.165) is 11.2 Å². The Labute approximate surface area is 153 Å². The Kier molecular flexibility index (Phi) is 4.93. The number of aromatic nitrogens is 3. The van der Waals surface area contributed by atoms with Crippen molar-refractivity contribution < 1.29 is 9.53 Å². The van der Waals surface area contributed by atoms with E-state index in [2.05, 4.69) is 42.4 Å². The van der Waals surface area contributed by atoms with Gasteiger partial charge in [0.25, 0.3) is 5.91 Å². The lowest BCUT2D eigenvalue weighted by Gasteiger charge is -2.21. The second kappa shape index (κ2) is 7.15. The van der Waals surface area contributed by atoms with Crippen molar-refractivity contribution in [2.75, 3.05) is 0 Å². The van der Waals surface area contributed by atoms with Gasteiger partial charge >= 0.3 is 0 Å². The molecular weight excluding hydrogens is 328 g/mol. The van der Waals surface area contributed by atoms with Crippen LogP contribution in [-0.2, 0) is 16.8 Å². The summed E-state index contributed by atoms with van der Waals surface area (Å²) in [7, 11) is 0. The number of carbonyl (C=O) groups is 1. The first-order valence-corrected chi connectivity index (χ1v) is 8.68. The van der Waals surface area contributed by atoms with E-state index in [1.54, 1.807) is 6.92 Å². The summed E-state index contributed by atoms with van der Waals surface area (Å²) in [5.74, 6) is 1.17. The molecule has 1 N–H and O–H groups in total. The number of carbonyl (C=O) groups excluding carboxylic acids is 1. The van der Waals surface area contributed by atoms with E-state index in [4.69, 9.17) is 4.74 Å². The first-order chi connectivity index (χ1) is 12.3. The van der Waals surface area contributed by atoms with Crippen LogP contribution in [-0.4, -0.2) is 26.6 Å². The third-order valence-corrected chi connectivity index (χ3v) is 4.19. The lowest BCUT2D eigenvalue weighted by Crippen LogP contribution is -2.36. The van der Waals surface area contributed by atoms with Gasteiger partial charge in [-0.25, -0.2) is 0 Å². The first-order valence-electron chi connectivity index (χ1n) is 8.68. The molecule has 0 aliphatic carbocycles. The normalized spacial score (nSPS) is 12.8. The standard InChI is InChI=1S/C20H24N4O2/c1-14(26-16-9-7-8-15(12-16)20(2,3)4)19(25)21-13-18-23-22-17-10-5-6-11-24(17)18/h5-12,14H,13H2,1-4H3,(H,21,25)/t14-/m0/s1. The van der Waals surface area contributed by atoms with Crippen molar-refractivity contribution in [2.45, 2.75) is 45.8 Å². The van der Waals surface area contributed by atoms with Crippen LogP contribution in [0.2, 0.25) is 0 Å². The van der Waals surface area contributed by atoms with Gasteiger partial charge in [0, 0.05) is 6.20 Å². The molecule has 3 rings (SSSR count). The average Bonchev–Trinajstić information content (AvgIpc) is 3.02. The van der Waals surface area contributed by atoms with E-state index in [9.17, 15) is 4.79 Å². The molecule has 0 fully saturated rings. The summed E-state index contributed by atoms with van der Waals surface area (Å²) in [6.45, 7) is 8.46. The summed E-state index contributed by atoms with van der Waals surface area (Å²) in [6.07, 6.45) is 1.26. The number of fused-ring (bicyclic) bond motifs is 1. The zero-order valence-corrected chi connectivity index (χ0v) is 15.6. The molecule has 3 aromatic rings. The van der Waals surface area contributed by atoms with E-state index in [1.165, 1.54) is 0 Å². The minimum atomic E-state index is -0.607. The van der Waals surface area contributed by atoms with Crippen molar-refractivity contribution in [1.82, 2.24) is 19.9 Å². The number of pyridine rings is 1. The van der Waals surface area contributed by atoms with Crippen LogP contribution < -0.4 is 10.1 Å². The van der Waals surface area contributed by atoms with Gasteiger partial charge in [-0.3, -0.25) is 9.20 Å². The number of nitrogens with zero attached hydrogens (tertiary/aromatic N) is 3. The van der Waals surface area contributed by atoms with Gasteiger partial charge in [0.05, 0.1) is 6.54 Å². The van der Waals surface area contributed by atoms with Gasteiger partial charge in [-0.15, -0.1) is 10.2 Å². The molecule has 0 bridgehead atoms. The van der Waals surface area contributed by atoms with E-state index in [0.29, 0.717) is 18.1 Å². The van der Waals surface area contributed by atoms with Gasteiger partial charge in [-0.2, -0.15) is 0 Å². The molecule has 1 aromatic carbocycles. The average molecular weight is 352 g/mol. The zero-order valence-electron chi connectivity index (χ0n) is 15.6. The molecule has 6 heteroatoms. The van der Waals surface area contributed by atoms with Crippen molar-refractivity contribution in [2.24, 2.45) is 0 Å². The molecule has 1 atom stereocenters. The lowest BCUT2D eigenvalue weighted by atomic mass is 9.87. The highest BCUT2D eigenvalue weighted by Crippen LogP contribution is 2.26. The predicted molar refractivity (Wildman–Crippen MR) is 100 cm³/mol. The summed E-state index contributed by atoms with van der Waals surface area (Å²) in [5.41, 5.74) is 1.94.